The molecule has 0 aliphatic carbocycles. The van der Waals surface area contributed by atoms with E-state index in [2.05, 4.69) is 20.8 Å². The van der Waals surface area contributed by atoms with Gasteiger partial charge < -0.3 is 19.4 Å². The van der Waals surface area contributed by atoms with E-state index in [1.54, 1.807) is 6.92 Å². The number of cyclic esters (lactones) is 1. The summed E-state index contributed by atoms with van der Waals surface area (Å²) in [6, 6.07) is 3.35. The van der Waals surface area contributed by atoms with Crippen LogP contribution in [0.5, 0.6) is 0 Å². The minimum absolute atomic E-state index is 0.208. The highest BCUT2D eigenvalue weighted by Gasteiger charge is 2.42. The third kappa shape index (κ3) is 5.85. The maximum Gasteiger partial charge on any atom is 0.312 e. The van der Waals surface area contributed by atoms with Gasteiger partial charge in [0.1, 0.15) is 12.2 Å². The second-order valence-electron chi connectivity index (χ2n) is 6.87. The van der Waals surface area contributed by atoms with Crippen LogP contribution in [0.4, 0.5) is 0 Å². The van der Waals surface area contributed by atoms with Gasteiger partial charge in [-0.2, -0.15) is 0 Å². The highest BCUT2D eigenvalue weighted by Crippen LogP contribution is 2.29. The molecule has 1 aliphatic heterocycles. The molecule has 0 aromatic heterocycles. The van der Waals surface area contributed by atoms with Gasteiger partial charge in [0.2, 0.25) is 0 Å². The monoisotopic (exact) mass is 346 g/mol. The number of carbonyl (C=O) groups excluding carboxylic acids is 1. The van der Waals surface area contributed by atoms with Crippen LogP contribution in [0, 0.1) is 5.92 Å². The maximum absolute atomic E-state index is 11.7. The summed E-state index contributed by atoms with van der Waals surface area (Å²) in [5, 5.41) is 20.2. The molecule has 1 rings (SSSR count). The van der Waals surface area contributed by atoms with Gasteiger partial charge in [0, 0.05) is 0 Å². The second-order valence-corrected chi connectivity index (χ2v) is 11.0. The third-order valence-corrected chi connectivity index (χ3v) is 9.74. The van der Waals surface area contributed by atoms with Gasteiger partial charge in [-0.25, -0.2) is 0 Å². The number of esters is 1. The molecule has 1 heterocycles. The van der Waals surface area contributed by atoms with Gasteiger partial charge in [-0.05, 0) is 31.5 Å². The predicted octanol–water partition coefficient (Wildman–Crippen LogP) is 2.85. The van der Waals surface area contributed by atoms with Crippen molar-refractivity contribution >= 4 is 14.3 Å². The Bertz CT molecular complexity index is 346. The normalized spacial score (nSPS) is 26.3. The molecule has 0 aromatic rings. The van der Waals surface area contributed by atoms with Crippen molar-refractivity contribution < 1.29 is 24.2 Å². The Morgan fingerprint density at radius 3 is 2.09 bits per heavy atom. The van der Waals surface area contributed by atoms with Crippen LogP contribution in [0.3, 0.4) is 0 Å². The van der Waals surface area contributed by atoms with Crippen molar-refractivity contribution in [1.82, 2.24) is 0 Å². The Labute approximate surface area is 141 Å². The summed E-state index contributed by atoms with van der Waals surface area (Å²) in [7, 11) is -1.80. The summed E-state index contributed by atoms with van der Waals surface area (Å²) in [5.41, 5.74) is 0. The Hall–Kier alpha value is -0.433. The topological polar surface area (TPSA) is 76.0 Å². The van der Waals surface area contributed by atoms with E-state index in [1.165, 1.54) is 0 Å². The fourth-order valence-corrected chi connectivity index (χ4v) is 8.10. The van der Waals surface area contributed by atoms with Gasteiger partial charge >= 0.3 is 5.97 Å². The van der Waals surface area contributed by atoms with Gasteiger partial charge in [-0.15, -0.1) is 0 Å². The molecule has 0 bridgehead atoms. The smallest absolute Gasteiger partial charge is 0.312 e. The van der Waals surface area contributed by atoms with Crippen molar-refractivity contribution in [2.24, 2.45) is 5.92 Å². The summed E-state index contributed by atoms with van der Waals surface area (Å²) in [6.07, 6.45) is 1.47. The van der Waals surface area contributed by atoms with Crippen LogP contribution in [-0.2, 0) is 14.0 Å². The molecule has 23 heavy (non-hydrogen) atoms. The van der Waals surface area contributed by atoms with Crippen molar-refractivity contribution in [3.05, 3.63) is 0 Å². The lowest BCUT2D eigenvalue weighted by Crippen LogP contribution is -2.41. The molecule has 0 saturated carbocycles. The first-order chi connectivity index (χ1) is 10.9. The number of ether oxygens (including phenoxy) is 1. The van der Waals surface area contributed by atoms with Crippen LogP contribution in [-0.4, -0.2) is 49.4 Å². The van der Waals surface area contributed by atoms with Crippen LogP contribution in [0.25, 0.3) is 0 Å². The van der Waals surface area contributed by atoms with E-state index in [0.717, 1.165) is 37.4 Å². The first kappa shape index (κ1) is 20.6. The molecule has 0 unspecified atom stereocenters. The lowest BCUT2D eigenvalue weighted by molar-refractivity contribution is -0.144. The molecular formula is C17H34O5Si. The minimum Gasteiger partial charge on any atom is -0.460 e. The molecule has 0 radical (unpaired) electrons. The van der Waals surface area contributed by atoms with Crippen molar-refractivity contribution in [3.63, 3.8) is 0 Å². The van der Waals surface area contributed by atoms with E-state index < -0.39 is 38.5 Å². The molecule has 2 N–H and O–H groups in total. The zero-order valence-electron chi connectivity index (χ0n) is 15.1. The number of aliphatic hydroxyl groups is 2. The lowest BCUT2D eigenvalue weighted by Gasteiger charge is -2.32. The summed E-state index contributed by atoms with van der Waals surface area (Å²) in [5.74, 6) is -1.05. The Morgan fingerprint density at radius 1 is 1.17 bits per heavy atom. The fourth-order valence-electron chi connectivity index (χ4n) is 3.64. The Kier molecular flexibility index (Phi) is 8.75. The van der Waals surface area contributed by atoms with Gasteiger partial charge in [0.05, 0.1) is 18.6 Å². The highest BCUT2D eigenvalue weighted by atomic mass is 28.4. The summed E-state index contributed by atoms with van der Waals surface area (Å²) in [4.78, 5) is 11.7. The maximum atomic E-state index is 11.7. The number of hydrogen-bond donors (Lipinski definition) is 2. The fraction of sp³-hybridized carbons (Fsp3) is 0.941. The van der Waals surface area contributed by atoms with Gasteiger partial charge in [0.25, 0.3) is 0 Å². The summed E-state index contributed by atoms with van der Waals surface area (Å²) >= 11 is 0. The van der Waals surface area contributed by atoms with Crippen molar-refractivity contribution in [2.75, 3.05) is 6.61 Å². The molecule has 1 fully saturated rings. The molecule has 1 saturated heterocycles. The third-order valence-electron chi connectivity index (χ3n) is 4.72. The van der Waals surface area contributed by atoms with E-state index in [0.29, 0.717) is 0 Å². The highest BCUT2D eigenvalue weighted by molar-refractivity contribution is 6.73. The number of rotatable bonds is 11. The van der Waals surface area contributed by atoms with Crippen LogP contribution >= 0.6 is 0 Å². The first-order valence-corrected chi connectivity index (χ1v) is 11.6. The van der Waals surface area contributed by atoms with Gasteiger partial charge in [-0.3, -0.25) is 4.79 Å². The van der Waals surface area contributed by atoms with E-state index in [9.17, 15) is 15.0 Å². The average Bonchev–Trinajstić information content (AvgIpc) is 2.72. The van der Waals surface area contributed by atoms with Crippen molar-refractivity contribution in [3.8, 4) is 0 Å². The second kappa shape index (κ2) is 9.76. The van der Waals surface area contributed by atoms with Crippen LogP contribution in [0.1, 0.15) is 53.4 Å². The van der Waals surface area contributed by atoms with Crippen molar-refractivity contribution in [2.45, 2.75) is 89.8 Å². The van der Waals surface area contributed by atoms with E-state index in [4.69, 9.17) is 9.16 Å². The number of carbonyl (C=O) groups is 1. The summed E-state index contributed by atoms with van der Waals surface area (Å²) < 4.78 is 11.3. The van der Waals surface area contributed by atoms with Crippen molar-refractivity contribution in [1.29, 1.82) is 0 Å². The average molecular weight is 347 g/mol. The van der Waals surface area contributed by atoms with Crippen LogP contribution in [0.15, 0.2) is 0 Å². The SMILES string of the molecule is CCC[Si](CCC)(CCC)OC[C@@H](O)C[C@@H]1C(=O)O[C@H](C)[C@@H]1O. The van der Waals surface area contributed by atoms with Gasteiger partial charge in [-0.1, -0.05) is 40.0 Å². The summed E-state index contributed by atoms with van der Waals surface area (Å²) in [6.45, 7) is 8.47. The predicted molar refractivity (Wildman–Crippen MR) is 92.7 cm³/mol. The standard InChI is InChI=1S/C17H34O5Si/c1-5-8-23(9-6-2,10-7-3)21-12-14(18)11-15-16(19)13(4)22-17(15)20/h13-16,18-19H,5-12H2,1-4H3/t13-,14+,15+,16+/m1/s1. The largest absolute Gasteiger partial charge is 0.460 e. The molecule has 5 nitrogen and oxygen atoms in total. The van der Waals surface area contributed by atoms with Crippen LogP contribution in [0.2, 0.25) is 18.1 Å². The molecule has 1 aliphatic rings. The zero-order chi connectivity index (χ0) is 17.5. The number of hydrogen-bond acceptors (Lipinski definition) is 5. The molecule has 136 valence electrons. The Balaban J connectivity index is 2.57. The molecule has 0 aromatic carbocycles. The van der Waals surface area contributed by atoms with Gasteiger partial charge in [0.15, 0.2) is 8.32 Å². The van der Waals surface area contributed by atoms with Crippen LogP contribution < -0.4 is 0 Å². The zero-order valence-corrected chi connectivity index (χ0v) is 16.1. The van der Waals surface area contributed by atoms with E-state index in [-0.39, 0.29) is 13.0 Å². The quantitative estimate of drug-likeness (QED) is 0.444. The molecule has 0 amide bonds. The molecule has 0 spiro atoms. The molecule has 6 heteroatoms. The minimum atomic E-state index is -1.80. The first-order valence-electron chi connectivity index (χ1n) is 9.09. The van der Waals surface area contributed by atoms with E-state index in [1.807, 2.05) is 0 Å². The molecular weight excluding hydrogens is 312 g/mol. The number of aliphatic hydroxyl groups excluding tert-OH is 2. The molecule has 4 atom stereocenters. The lowest BCUT2D eigenvalue weighted by atomic mass is 9.95. The van der Waals surface area contributed by atoms with E-state index >= 15 is 0 Å². The Morgan fingerprint density at radius 2 is 1.70 bits per heavy atom.